The molecule has 1 heteroatoms. The van der Waals surface area contributed by atoms with Crippen LogP contribution < -0.4 is 5.73 Å². The number of fused-ring (bicyclic) bond motifs is 1. The van der Waals surface area contributed by atoms with Crippen molar-refractivity contribution in [2.45, 2.75) is 25.8 Å². The Morgan fingerprint density at radius 3 is 3.00 bits per heavy atom. The first-order valence-corrected chi connectivity index (χ1v) is 5.19. The SMILES string of the molecule is C=CCC1Cc2c(C)cccc2C1N. The van der Waals surface area contributed by atoms with Crippen LogP contribution in [0.4, 0.5) is 0 Å². The molecule has 0 aliphatic heterocycles. The van der Waals surface area contributed by atoms with Gasteiger partial charge in [0.1, 0.15) is 0 Å². The van der Waals surface area contributed by atoms with Crippen molar-refractivity contribution in [3.05, 3.63) is 47.5 Å². The Bertz CT molecular complexity index is 354. The number of allylic oxidation sites excluding steroid dienone is 1. The van der Waals surface area contributed by atoms with Gasteiger partial charge >= 0.3 is 0 Å². The van der Waals surface area contributed by atoms with Crippen molar-refractivity contribution in [3.63, 3.8) is 0 Å². The molecule has 0 fully saturated rings. The highest BCUT2D eigenvalue weighted by molar-refractivity contribution is 5.41. The van der Waals surface area contributed by atoms with Crippen molar-refractivity contribution in [1.29, 1.82) is 0 Å². The fraction of sp³-hybridized carbons (Fsp3) is 0.385. The normalized spacial score (nSPS) is 24.7. The first-order valence-electron chi connectivity index (χ1n) is 5.19. The highest BCUT2D eigenvalue weighted by Crippen LogP contribution is 2.37. The zero-order valence-corrected chi connectivity index (χ0v) is 8.66. The molecule has 0 heterocycles. The molecule has 74 valence electrons. The summed E-state index contributed by atoms with van der Waals surface area (Å²) in [7, 11) is 0. The summed E-state index contributed by atoms with van der Waals surface area (Å²) in [4.78, 5) is 0. The molecule has 0 spiro atoms. The Morgan fingerprint density at radius 1 is 1.57 bits per heavy atom. The van der Waals surface area contributed by atoms with E-state index in [-0.39, 0.29) is 6.04 Å². The first-order chi connectivity index (χ1) is 6.74. The maximum atomic E-state index is 6.20. The van der Waals surface area contributed by atoms with Crippen molar-refractivity contribution in [2.24, 2.45) is 11.7 Å². The van der Waals surface area contributed by atoms with Gasteiger partial charge in [-0.2, -0.15) is 0 Å². The third-order valence-electron chi connectivity index (χ3n) is 3.25. The van der Waals surface area contributed by atoms with E-state index in [1.807, 2.05) is 6.08 Å². The first kappa shape index (κ1) is 9.47. The van der Waals surface area contributed by atoms with E-state index < -0.39 is 0 Å². The van der Waals surface area contributed by atoms with Gasteiger partial charge in [-0.25, -0.2) is 0 Å². The molecule has 0 saturated carbocycles. The van der Waals surface area contributed by atoms with E-state index in [1.54, 1.807) is 0 Å². The maximum absolute atomic E-state index is 6.20. The molecule has 0 saturated heterocycles. The van der Waals surface area contributed by atoms with E-state index in [2.05, 4.69) is 31.7 Å². The van der Waals surface area contributed by atoms with Gasteiger partial charge in [-0.3, -0.25) is 0 Å². The minimum Gasteiger partial charge on any atom is -0.324 e. The fourth-order valence-corrected chi connectivity index (χ4v) is 2.40. The smallest absolute Gasteiger partial charge is 0.0332 e. The van der Waals surface area contributed by atoms with Crippen molar-refractivity contribution in [2.75, 3.05) is 0 Å². The van der Waals surface area contributed by atoms with Gasteiger partial charge < -0.3 is 5.73 Å². The van der Waals surface area contributed by atoms with E-state index in [4.69, 9.17) is 5.73 Å². The number of nitrogens with two attached hydrogens (primary N) is 1. The monoisotopic (exact) mass is 187 g/mol. The van der Waals surface area contributed by atoms with Gasteiger partial charge in [-0.1, -0.05) is 24.3 Å². The van der Waals surface area contributed by atoms with E-state index >= 15 is 0 Å². The minimum absolute atomic E-state index is 0.211. The van der Waals surface area contributed by atoms with Crippen LogP contribution in [0.3, 0.4) is 0 Å². The molecule has 0 amide bonds. The molecule has 0 radical (unpaired) electrons. The Hall–Kier alpha value is -1.08. The highest BCUT2D eigenvalue weighted by Gasteiger charge is 2.29. The molecule has 2 N–H and O–H groups in total. The van der Waals surface area contributed by atoms with Crippen molar-refractivity contribution in [1.82, 2.24) is 0 Å². The molecule has 1 aromatic rings. The van der Waals surface area contributed by atoms with Crippen molar-refractivity contribution < 1.29 is 0 Å². The van der Waals surface area contributed by atoms with Crippen LogP contribution in [0.2, 0.25) is 0 Å². The summed E-state index contributed by atoms with van der Waals surface area (Å²) >= 11 is 0. The largest absolute Gasteiger partial charge is 0.324 e. The number of rotatable bonds is 2. The molecule has 14 heavy (non-hydrogen) atoms. The molecular weight excluding hydrogens is 170 g/mol. The lowest BCUT2D eigenvalue weighted by molar-refractivity contribution is 0.473. The molecule has 1 nitrogen and oxygen atoms in total. The lowest BCUT2D eigenvalue weighted by atomic mass is 9.98. The van der Waals surface area contributed by atoms with Crippen LogP contribution in [0.15, 0.2) is 30.9 Å². The van der Waals surface area contributed by atoms with Crippen LogP contribution in [0.25, 0.3) is 0 Å². The van der Waals surface area contributed by atoms with Gasteiger partial charge in [0.2, 0.25) is 0 Å². The number of hydrogen-bond donors (Lipinski definition) is 1. The van der Waals surface area contributed by atoms with Gasteiger partial charge in [0.15, 0.2) is 0 Å². The topological polar surface area (TPSA) is 26.0 Å². The number of hydrogen-bond acceptors (Lipinski definition) is 1. The second kappa shape index (κ2) is 3.58. The lowest BCUT2D eigenvalue weighted by Crippen LogP contribution is -2.15. The summed E-state index contributed by atoms with van der Waals surface area (Å²) in [5.41, 5.74) is 10.4. The molecule has 2 atom stereocenters. The predicted molar refractivity (Wildman–Crippen MR) is 60.1 cm³/mol. The van der Waals surface area contributed by atoms with Crippen molar-refractivity contribution >= 4 is 0 Å². The molecular formula is C13H17N. The average Bonchev–Trinajstić information content (AvgIpc) is 2.48. The van der Waals surface area contributed by atoms with Crippen LogP contribution >= 0.6 is 0 Å². The molecule has 1 aliphatic rings. The van der Waals surface area contributed by atoms with Crippen LogP contribution in [0.1, 0.15) is 29.2 Å². The lowest BCUT2D eigenvalue weighted by Gasteiger charge is -2.13. The number of benzene rings is 1. The Labute approximate surface area is 85.6 Å². The van der Waals surface area contributed by atoms with Gasteiger partial charge in [-0.05, 0) is 42.4 Å². The zero-order chi connectivity index (χ0) is 10.1. The van der Waals surface area contributed by atoms with Crippen molar-refractivity contribution in [3.8, 4) is 0 Å². The van der Waals surface area contributed by atoms with Gasteiger partial charge in [0.25, 0.3) is 0 Å². The summed E-state index contributed by atoms with van der Waals surface area (Å²) in [5.74, 6) is 0.559. The summed E-state index contributed by atoms with van der Waals surface area (Å²) in [6.07, 6.45) is 4.12. The Kier molecular flexibility index (Phi) is 2.42. The molecule has 1 aliphatic carbocycles. The van der Waals surface area contributed by atoms with E-state index in [1.165, 1.54) is 16.7 Å². The molecule has 0 bridgehead atoms. The number of aryl methyl sites for hydroxylation is 1. The van der Waals surface area contributed by atoms with E-state index in [9.17, 15) is 0 Å². The van der Waals surface area contributed by atoms with Crippen LogP contribution in [0.5, 0.6) is 0 Å². The molecule has 1 aromatic carbocycles. The second-order valence-electron chi connectivity index (χ2n) is 4.16. The minimum atomic E-state index is 0.211. The third-order valence-corrected chi connectivity index (χ3v) is 3.25. The fourth-order valence-electron chi connectivity index (χ4n) is 2.40. The van der Waals surface area contributed by atoms with Crippen LogP contribution in [0, 0.1) is 12.8 Å². The third kappa shape index (κ3) is 1.38. The average molecular weight is 187 g/mol. The summed E-state index contributed by atoms with van der Waals surface area (Å²) in [6, 6.07) is 6.64. The summed E-state index contributed by atoms with van der Waals surface area (Å²) in [5, 5.41) is 0. The Balaban J connectivity index is 2.35. The Morgan fingerprint density at radius 2 is 2.36 bits per heavy atom. The molecule has 2 unspecified atom stereocenters. The van der Waals surface area contributed by atoms with Gasteiger partial charge in [0, 0.05) is 6.04 Å². The zero-order valence-electron chi connectivity index (χ0n) is 8.66. The van der Waals surface area contributed by atoms with Gasteiger partial charge in [0.05, 0.1) is 0 Å². The van der Waals surface area contributed by atoms with Gasteiger partial charge in [-0.15, -0.1) is 6.58 Å². The summed E-state index contributed by atoms with van der Waals surface area (Å²) < 4.78 is 0. The molecule has 0 aromatic heterocycles. The van der Waals surface area contributed by atoms with E-state index in [0.717, 1.165) is 12.8 Å². The standard InChI is InChI=1S/C13H17N/c1-3-5-10-8-12-9(2)6-4-7-11(12)13(10)14/h3-4,6-7,10,13H,1,5,8,14H2,2H3. The second-order valence-corrected chi connectivity index (χ2v) is 4.16. The predicted octanol–water partition coefficient (Wildman–Crippen LogP) is 2.74. The van der Waals surface area contributed by atoms with E-state index in [0.29, 0.717) is 5.92 Å². The quantitative estimate of drug-likeness (QED) is 0.708. The summed E-state index contributed by atoms with van der Waals surface area (Å²) in [6.45, 7) is 5.96. The van der Waals surface area contributed by atoms with Crippen LogP contribution in [-0.2, 0) is 6.42 Å². The van der Waals surface area contributed by atoms with Crippen LogP contribution in [-0.4, -0.2) is 0 Å². The maximum Gasteiger partial charge on any atom is 0.0332 e. The highest BCUT2D eigenvalue weighted by atomic mass is 14.7. The molecule has 2 rings (SSSR count).